The van der Waals surface area contributed by atoms with Gasteiger partial charge in [0.05, 0.1) is 30.9 Å². The van der Waals surface area contributed by atoms with Gasteiger partial charge >= 0.3 is 24.0 Å². The average Bonchev–Trinajstić information content (AvgIpc) is 3.52. The molecule has 3 heterocycles. The minimum atomic E-state index is -2.05. The van der Waals surface area contributed by atoms with E-state index in [1.54, 1.807) is 36.4 Å². The molecule has 65 heavy (non-hydrogen) atoms. The van der Waals surface area contributed by atoms with Gasteiger partial charge in [0.1, 0.15) is 49.7 Å². The monoisotopic (exact) mass is 964 g/mol. The zero-order valence-electron chi connectivity index (χ0n) is 35.5. The predicted molar refractivity (Wildman–Crippen MR) is 227 cm³/mol. The Labute approximate surface area is 388 Å². The van der Waals surface area contributed by atoms with E-state index >= 15 is 0 Å². The smallest absolute Gasteiger partial charge is 0.407 e. The van der Waals surface area contributed by atoms with E-state index < -0.39 is 114 Å². The Bertz CT molecular complexity index is 2110. The van der Waals surface area contributed by atoms with Crippen LogP contribution in [0.4, 0.5) is 4.79 Å². The Kier molecular flexibility index (Phi) is 17.2. The van der Waals surface area contributed by atoms with Crippen LogP contribution in [0.15, 0.2) is 84.9 Å². The Morgan fingerprint density at radius 1 is 0.662 bits per heavy atom. The highest BCUT2D eigenvalue weighted by molar-refractivity contribution is 6.67. The van der Waals surface area contributed by atoms with Gasteiger partial charge in [0.25, 0.3) is 11.8 Å². The van der Waals surface area contributed by atoms with Crippen LogP contribution >= 0.6 is 34.8 Å². The summed E-state index contributed by atoms with van der Waals surface area (Å²) in [5.74, 6) is -3.84. The zero-order chi connectivity index (χ0) is 46.8. The Hall–Kier alpha value is -4.89. The summed E-state index contributed by atoms with van der Waals surface area (Å²) < 4.78 is 58.4. The van der Waals surface area contributed by atoms with E-state index in [0.717, 1.165) is 31.2 Å². The maximum Gasteiger partial charge on any atom is 0.407 e. The van der Waals surface area contributed by atoms with Gasteiger partial charge in [0.2, 0.25) is 3.79 Å². The molecule has 6 rings (SSSR count). The van der Waals surface area contributed by atoms with Crippen LogP contribution in [0.5, 0.6) is 0 Å². The second kappa shape index (κ2) is 22.5. The minimum Gasteiger partial charge on any atom is -0.463 e. The van der Waals surface area contributed by atoms with E-state index in [4.69, 9.17) is 82.2 Å². The molecule has 0 bridgehead atoms. The fourth-order valence-corrected chi connectivity index (χ4v) is 7.78. The number of amides is 3. The molecule has 3 aliphatic heterocycles. The number of hydrogen-bond acceptors (Lipinski definition) is 16. The van der Waals surface area contributed by atoms with E-state index in [2.05, 4.69) is 5.32 Å². The second-order valence-corrected chi connectivity index (χ2v) is 17.5. The Morgan fingerprint density at radius 2 is 1.20 bits per heavy atom. The topological polar surface area (TPSA) is 210 Å². The number of alkyl halides is 3. The molecule has 3 aromatic rings. The third kappa shape index (κ3) is 12.9. The normalized spacial score (nSPS) is 26.5. The van der Waals surface area contributed by atoms with Crippen molar-refractivity contribution in [1.29, 1.82) is 0 Å². The van der Waals surface area contributed by atoms with Gasteiger partial charge in [0, 0.05) is 27.9 Å². The molecule has 18 nitrogen and oxygen atoms in total. The molecule has 1 N–H and O–H groups in total. The van der Waals surface area contributed by atoms with Gasteiger partial charge in [-0.25, -0.2) is 4.79 Å². The molecule has 3 amide bonds. The SMILES string of the molecule is CO[C@@H]1O[C@H](COCc2ccccc2)[C@@H](O[C@@H]2O[C@H](COC(C)=O)[C@H](OC(C)=O)[C@H](OC(C)=O)[C@H]2NC(=O)OCC(Cl)(Cl)Cl)[C@H](OCc2ccccc2)[C@H]1N1C(=O)c2ccccc2C1=O. The molecule has 21 heteroatoms. The summed E-state index contributed by atoms with van der Waals surface area (Å²) in [7, 11) is 1.33. The Balaban J connectivity index is 1.47. The lowest BCUT2D eigenvalue weighted by Crippen LogP contribution is -2.71. The number of alkyl carbamates (subject to hydrolysis) is 1. The van der Waals surface area contributed by atoms with Crippen molar-refractivity contribution in [3.63, 3.8) is 0 Å². The first kappa shape index (κ1) is 49.5. The summed E-state index contributed by atoms with van der Waals surface area (Å²) in [5.41, 5.74) is 1.76. The van der Waals surface area contributed by atoms with Crippen molar-refractivity contribution in [3.05, 3.63) is 107 Å². The van der Waals surface area contributed by atoms with Crippen molar-refractivity contribution in [3.8, 4) is 0 Å². The molecule has 0 aromatic heterocycles. The van der Waals surface area contributed by atoms with E-state index in [1.165, 1.54) is 19.2 Å². The molecule has 0 radical (unpaired) electrons. The van der Waals surface area contributed by atoms with Crippen LogP contribution in [0, 0.1) is 0 Å². The molecule has 3 aliphatic rings. The number of imide groups is 1. The van der Waals surface area contributed by atoms with Crippen LogP contribution < -0.4 is 5.32 Å². The van der Waals surface area contributed by atoms with E-state index in [9.17, 15) is 28.8 Å². The van der Waals surface area contributed by atoms with Crippen molar-refractivity contribution in [2.45, 2.75) is 99.1 Å². The van der Waals surface area contributed by atoms with Crippen LogP contribution in [-0.4, -0.2) is 133 Å². The Morgan fingerprint density at radius 3 is 1.75 bits per heavy atom. The second-order valence-electron chi connectivity index (χ2n) is 15.0. The first-order valence-electron chi connectivity index (χ1n) is 20.3. The highest BCUT2D eigenvalue weighted by atomic mass is 35.6. The number of benzene rings is 3. The molecule has 0 spiro atoms. The van der Waals surface area contributed by atoms with Crippen LogP contribution in [0.3, 0.4) is 0 Å². The maximum atomic E-state index is 14.3. The van der Waals surface area contributed by atoms with Gasteiger partial charge in [-0.3, -0.25) is 28.9 Å². The highest BCUT2D eigenvalue weighted by Crippen LogP contribution is 2.38. The van der Waals surface area contributed by atoms with E-state index in [1.807, 2.05) is 36.4 Å². The van der Waals surface area contributed by atoms with Crippen LogP contribution in [-0.2, 0) is 75.0 Å². The molecule has 2 fully saturated rings. The molecule has 2 saturated heterocycles. The number of esters is 3. The number of rotatable bonds is 17. The zero-order valence-corrected chi connectivity index (χ0v) is 37.8. The quantitative estimate of drug-likeness (QED) is 0.0832. The summed E-state index contributed by atoms with van der Waals surface area (Å²) in [4.78, 5) is 80.5. The molecule has 0 aliphatic carbocycles. The summed E-state index contributed by atoms with van der Waals surface area (Å²) in [6.45, 7) is 1.73. The number of nitrogens with one attached hydrogen (secondary N) is 1. The van der Waals surface area contributed by atoms with Gasteiger partial charge < -0.3 is 52.7 Å². The standard InChI is InChI=1S/C44H47Cl3N2O16/c1-24(50)58-22-32-35(61-25(2)51)37(62-26(3)52)33(48-43(55)60-23-44(45,46)47)41(63-32)65-36-31(21-57-19-27-13-7-5-8-14-27)64-42(56-4)34(38(36)59-20-28-15-9-6-10-16-28)49-39(53)29-17-11-12-18-30(29)40(49)54/h5-18,31-38,41-42H,19-23H2,1-4H3,(H,48,55)/t31-,32-,33-,34-,35+,36-,37-,38-,41+,42-/m1/s1. The van der Waals surface area contributed by atoms with Crippen molar-refractivity contribution < 1.29 is 76.1 Å². The fraction of sp³-hybridized carbons (Fsp3) is 0.455. The minimum absolute atomic E-state index is 0.102. The third-order valence-corrected chi connectivity index (χ3v) is 10.6. The largest absolute Gasteiger partial charge is 0.463 e. The van der Waals surface area contributed by atoms with Gasteiger partial charge in [0.15, 0.2) is 24.8 Å². The lowest BCUT2D eigenvalue weighted by atomic mass is 9.93. The van der Waals surface area contributed by atoms with Gasteiger partial charge in [-0.1, -0.05) is 108 Å². The van der Waals surface area contributed by atoms with Crippen molar-refractivity contribution in [2.75, 3.05) is 26.9 Å². The molecule has 10 atom stereocenters. The molecule has 350 valence electrons. The lowest BCUT2D eigenvalue weighted by Gasteiger charge is -2.50. The molecule has 0 unspecified atom stereocenters. The average molecular weight is 966 g/mol. The number of carbonyl (C=O) groups is 6. The maximum absolute atomic E-state index is 14.3. The number of carbonyl (C=O) groups excluding carboxylic acids is 6. The van der Waals surface area contributed by atoms with E-state index in [0.29, 0.717) is 5.56 Å². The number of ether oxygens (including phenoxy) is 10. The van der Waals surface area contributed by atoms with Crippen molar-refractivity contribution >= 4 is 70.6 Å². The van der Waals surface area contributed by atoms with E-state index in [-0.39, 0.29) is 30.9 Å². The molecule has 0 saturated carbocycles. The predicted octanol–water partition coefficient (Wildman–Crippen LogP) is 4.83. The number of hydrogen-bond donors (Lipinski definition) is 1. The fourth-order valence-electron chi connectivity index (χ4n) is 7.61. The van der Waals surface area contributed by atoms with Crippen molar-refractivity contribution in [2.24, 2.45) is 0 Å². The number of fused-ring (bicyclic) bond motifs is 1. The van der Waals surface area contributed by atoms with Crippen molar-refractivity contribution in [1.82, 2.24) is 10.2 Å². The molecule has 3 aromatic carbocycles. The first-order valence-corrected chi connectivity index (χ1v) is 21.4. The van der Waals surface area contributed by atoms with Gasteiger partial charge in [-0.15, -0.1) is 0 Å². The number of nitrogens with zero attached hydrogens (tertiary/aromatic N) is 1. The number of methoxy groups -OCH3 is 1. The summed E-state index contributed by atoms with van der Waals surface area (Å²) in [6, 6.07) is 21.5. The summed E-state index contributed by atoms with van der Waals surface area (Å²) >= 11 is 17.6. The lowest BCUT2D eigenvalue weighted by molar-refractivity contribution is -0.340. The summed E-state index contributed by atoms with van der Waals surface area (Å²) in [6.07, 6.45) is -12.9. The third-order valence-electron chi connectivity index (χ3n) is 10.3. The van der Waals surface area contributed by atoms with Gasteiger partial charge in [-0.05, 0) is 23.3 Å². The first-order chi connectivity index (χ1) is 31.0. The van der Waals surface area contributed by atoms with Gasteiger partial charge in [-0.2, -0.15) is 0 Å². The van der Waals surface area contributed by atoms with Crippen LogP contribution in [0.1, 0.15) is 52.6 Å². The molecular formula is C44H47Cl3N2O16. The van der Waals surface area contributed by atoms with Crippen LogP contribution in [0.25, 0.3) is 0 Å². The van der Waals surface area contributed by atoms with Crippen LogP contribution in [0.2, 0.25) is 0 Å². The molecular weight excluding hydrogens is 919 g/mol. The highest BCUT2D eigenvalue weighted by Gasteiger charge is 2.58. The number of halogens is 3. The summed E-state index contributed by atoms with van der Waals surface area (Å²) in [5, 5.41) is 2.52.